The van der Waals surface area contributed by atoms with Crippen molar-refractivity contribution in [3.8, 4) is 0 Å². The summed E-state index contributed by atoms with van der Waals surface area (Å²) in [4.78, 5) is 14.5. The number of rotatable bonds is 4. The van der Waals surface area contributed by atoms with Crippen LogP contribution in [-0.4, -0.2) is 29.9 Å². The second kappa shape index (κ2) is 6.55. The van der Waals surface area contributed by atoms with E-state index < -0.39 is 0 Å². The molecule has 1 amide bonds. The van der Waals surface area contributed by atoms with Gasteiger partial charge in [0.15, 0.2) is 0 Å². The van der Waals surface area contributed by atoms with E-state index in [4.69, 9.17) is 23.2 Å². The fourth-order valence-corrected chi connectivity index (χ4v) is 3.32. The fraction of sp³-hybridized carbons (Fsp3) is 0.562. The molecule has 1 aromatic carbocycles. The van der Waals surface area contributed by atoms with Crippen LogP contribution in [0.25, 0.3) is 0 Å². The average Bonchev–Trinajstić information content (AvgIpc) is 3.26. The lowest BCUT2D eigenvalue weighted by Crippen LogP contribution is -2.43. The summed E-state index contributed by atoms with van der Waals surface area (Å²) in [5, 5.41) is 4.48. The number of piperidine rings is 1. The number of hydrogen-bond acceptors (Lipinski definition) is 2. The van der Waals surface area contributed by atoms with Crippen molar-refractivity contribution in [3.63, 3.8) is 0 Å². The van der Waals surface area contributed by atoms with E-state index in [1.54, 1.807) is 6.07 Å². The van der Waals surface area contributed by atoms with Crippen LogP contribution < -0.4 is 5.32 Å². The Kier molecular flexibility index (Phi) is 4.72. The molecular formula is C16H20Cl2N2O. The van der Waals surface area contributed by atoms with Crippen molar-refractivity contribution in [1.82, 2.24) is 10.2 Å². The van der Waals surface area contributed by atoms with E-state index in [2.05, 4.69) is 10.2 Å². The monoisotopic (exact) mass is 326 g/mol. The van der Waals surface area contributed by atoms with Crippen LogP contribution in [0.4, 0.5) is 0 Å². The van der Waals surface area contributed by atoms with Crippen LogP contribution >= 0.6 is 23.2 Å². The number of nitrogens with one attached hydrogen (secondary N) is 1. The Hall–Kier alpha value is -0.770. The number of halogens is 2. The van der Waals surface area contributed by atoms with Gasteiger partial charge in [-0.3, -0.25) is 9.69 Å². The molecule has 21 heavy (non-hydrogen) atoms. The fourth-order valence-electron chi connectivity index (χ4n) is 2.85. The standard InChI is InChI=1S/C16H20Cl2N2O/c17-13-4-3-11(15(18)8-13)9-20-7-1-2-12(10-20)16(21)19-14-5-6-14/h3-4,8,12,14H,1-2,5-7,9-10H2,(H,19,21)/t12-/m1/s1. The highest BCUT2D eigenvalue weighted by atomic mass is 35.5. The lowest BCUT2D eigenvalue weighted by Gasteiger charge is -2.32. The molecule has 2 aliphatic rings. The van der Waals surface area contributed by atoms with E-state index in [9.17, 15) is 4.79 Å². The quantitative estimate of drug-likeness (QED) is 0.918. The molecule has 5 heteroatoms. The lowest BCUT2D eigenvalue weighted by atomic mass is 9.96. The first-order chi connectivity index (χ1) is 10.1. The number of amides is 1. The Morgan fingerprint density at radius 3 is 2.81 bits per heavy atom. The second-order valence-electron chi connectivity index (χ2n) is 6.09. The minimum Gasteiger partial charge on any atom is -0.353 e. The van der Waals surface area contributed by atoms with Crippen molar-refractivity contribution in [3.05, 3.63) is 33.8 Å². The molecule has 1 heterocycles. The molecule has 1 aromatic rings. The summed E-state index contributed by atoms with van der Waals surface area (Å²) in [6.45, 7) is 2.62. The molecule has 0 unspecified atom stereocenters. The molecule has 0 aromatic heterocycles. The zero-order chi connectivity index (χ0) is 14.8. The summed E-state index contributed by atoms with van der Waals surface area (Å²) in [5.41, 5.74) is 1.07. The number of benzene rings is 1. The van der Waals surface area contributed by atoms with E-state index in [0.717, 1.165) is 50.9 Å². The number of nitrogens with zero attached hydrogens (tertiary/aromatic N) is 1. The molecule has 1 aliphatic carbocycles. The minimum absolute atomic E-state index is 0.116. The van der Waals surface area contributed by atoms with Gasteiger partial charge in [-0.1, -0.05) is 29.3 Å². The molecule has 1 atom stereocenters. The van der Waals surface area contributed by atoms with Crippen LogP contribution in [0, 0.1) is 5.92 Å². The van der Waals surface area contributed by atoms with E-state index in [1.165, 1.54) is 0 Å². The highest BCUT2D eigenvalue weighted by Crippen LogP contribution is 2.26. The zero-order valence-corrected chi connectivity index (χ0v) is 13.5. The summed E-state index contributed by atoms with van der Waals surface area (Å²) in [7, 11) is 0. The van der Waals surface area contributed by atoms with Crippen LogP contribution in [0.1, 0.15) is 31.2 Å². The van der Waals surface area contributed by atoms with Gasteiger partial charge in [0.2, 0.25) is 5.91 Å². The molecule has 1 aliphatic heterocycles. The molecule has 1 saturated carbocycles. The maximum absolute atomic E-state index is 12.2. The van der Waals surface area contributed by atoms with Crippen LogP contribution in [0.15, 0.2) is 18.2 Å². The van der Waals surface area contributed by atoms with Gasteiger partial charge in [-0.2, -0.15) is 0 Å². The summed E-state index contributed by atoms with van der Waals surface area (Å²) < 4.78 is 0. The van der Waals surface area contributed by atoms with Gasteiger partial charge in [0.05, 0.1) is 5.92 Å². The van der Waals surface area contributed by atoms with Crippen molar-refractivity contribution in [2.45, 2.75) is 38.3 Å². The van der Waals surface area contributed by atoms with Crippen LogP contribution in [-0.2, 0) is 11.3 Å². The number of carbonyl (C=O) groups excluding carboxylic acids is 1. The van der Waals surface area contributed by atoms with E-state index in [-0.39, 0.29) is 11.8 Å². The van der Waals surface area contributed by atoms with Crippen molar-refractivity contribution in [2.24, 2.45) is 5.92 Å². The SMILES string of the molecule is O=C(NC1CC1)[C@@H]1CCCN(Cc2ccc(Cl)cc2Cl)C1. The van der Waals surface area contributed by atoms with Gasteiger partial charge in [0.1, 0.15) is 0 Å². The molecule has 3 nitrogen and oxygen atoms in total. The van der Waals surface area contributed by atoms with Gasteiger partial charge in [0.25, 0.3) is 0 Å². The third kappa shape index (κ3) is 4.12. The van der Waals surface area contributed by atoms with Crippen molar-refractivity contribution >= 4 is 29.1 Å². The summed E-state index contributed by atoms with van der Waals surface area (Å²) in [5.74, 6) is 0.342. The first kappa shape index (κ1) is 15.1. The predicted octanol–water partition coefficient (Wildman–Crippen LogP) is 3.48. The number of likely N-dealkylation sites (tertiary alicyclic amines) is 1. The number of hydrogen-bond donors (Lipinski definition) is 1. The largest absolute Gasteiger partial charge is 0.353 e. The predicted molar refractivity (Wildman–Crippen MR) is 85.6 cm³/mol. The van der Waals surface area contributed by atoms with Gasteiger partial charge in [0, 0.05) is 29.2 Å². The van der Waals surface area contributed by atoms with Gasteiger partial charge < -0.3 is 5.32 Å². The van der Waals surface area contributed by atoms with Crippen molar-refractivity contribution < 1.29 is 4.79 Å². The molecule has 0 bridgehead atoms. The maximum atomic E-state index is 12.2. The number of carbonyl (C=O) groups is 1. The van der Waals surface area contributed by atoms with E-state index in [1.807, 2.05) is 12.1 Å². The summed E-state index contributed by atoms with van der Waals surface area (Å²) in [6.07, 6.45) is 4.34. The first-order valence-electron chi connectivity index (χ1n) is 7.58. The Morgan fingerprint density at radius 1 is 1.29 bits per heavy atom. The van der Waals surface area contributed by atoms with Gasteiger partial charge in [-0.25, -0.2) is 0 Å². The molecule has 3 rings (SSSR count). The Balaban J connectivity index is 1.58. The normalized spacial score (nSPS) is 23.0. The minimum atomic E-state index is 0.116. The molecule has 0 spiro atoms. The summed E-state index contributed by atoms with van der Waals surface area (Å²) >= 11 is 12.2. The third-order valence-electron chi connectivity index (χ3n) is 4.21. The van der Waals surface area contributed by atoms with Crippen LogP contribution in [0.3, 0.4) is 0 Å². The lowest BCUT2D eigenvalue weighted by molar-refractivity contribution is -0.126. The highest BCUT2D eigenvalue weighted by molar-refractivity contribution is 6.35. The Bertz CT molecular complexity index is 531. The Labute approximate surface area is 135 Å². The third-order valence-corrected chi connectivity index (χ3v) is 4.80. The van der Waals surface area contributed by atoms with Gasteiger partial charge >= 0.3 is 0 Å². The zero-order valence-electron chi connectivity index (χ0n) is 11.9. The van der Waals surface area contributed by atoms with Gasteiger partial charge in [-0.15, -0.1) is 0 Å². The van der Waals surface area contributed by atoms with E-state index >= 15 is 0 Å². The molecule has 0 radical (unpaired) electrons. The molecule has 2 fully saturated rings. The van der Waals surface area contributed by atoms with Crippen molar-refractivity contribution in [1.29, 1.82) is 0 Å². The topological polar surface area (TPSA) is 32.3 Å². The van der Waals surface area contributed by atoms with Crippen LogP contribution in [0.5, 0.6) is 0 Å². The average molecular weight is 327 g/mol. The summed E-state index contributed by atoms with van der Waals surface area (Å²) in [6, 6.07) is 6.06. The second-order valence-corrected chi connectivity index (χ2v) is 6.94. The Morgan fingerprint density at radius 2 is 2.10 bits per heavy atom. The smallest absolute Gasteiger partial charge is 0.224 e. The van der Waals surface area contributed by atoms with Gasteiger partial charge in [-0.05, 0) is 49.9 Å². The highest BCUT2D eigenvalue weighted by Gasteiger charge is 2.30. The molecular weight excluding hydrogens is 307 g/mol. The molecule has 114 valence electrons. The molecule has 1 saturated heterocycles. The molecule has 1 N–H and O–H groups in total. The van der Waals surface area contributed by atoms with E-state index in [0.29, 0.717) is 16.1 Å². The first-order valence-corrected chi connectivity index (χ1v) is 8.34. The maximum Gasteiger partial charge on any atom is 0.224 e. The van der Waals surface area contributed by atoms with Crippen molar-refractivity contribution in [2.75, 3.05) is 13.1 Å². The van der Waals surface area contributed by atoms with Crippen LogP contribution in [0.2, 0.25) is 10.0 Å².